The predicted octanol–water partition coefficient (Wildman–Crippen LogP) is 3.22. The largest absolute Gasteiger partial charge is 0.311 e. The predicted molar refractivity (Wildman–Crippen MR) is 82.3 cm³/mol. The van der Waals surface area contributed by atoms with Crippen LogP contribution in [0.2, 0.25) is 0 Å². The zero-order valence-electron chi connectivity index (χ0n) is 13.2. The minimum atomic E-state index is -0.490. The molecule has 0 aliphatic carbocycles. The Labute approximate surface area is 126 Å². The van der Waals surface area contributed by atoms with Crippen molar-refractivity contribution in [2.75, 3.05) is 19.6 Å². The molecule has 1 N–H and O–H groups in total. The van der Waals surface area contributed by atoms with Crippen LogP contribution >= 0.6 is 0 Å². The molecule has 0 aromatic heterocycles. The summed E-state index contributed by atoms with van der Waals surface area (Å²) in [4.78, 5) is 2.43. The van der Waals surface area contributed by atoms with Gasteiger partial charge in [0.2, 0.25) is 0 Å². The van der Waals surface area contributed by atoms with Gasteiger partial charge in [-0.15, -0.1) is 0 Å². The Hall–Kier alpha value is -1.00. The summed E-state index contributed by atoms with van der Waals surface area (Å²) >= 11 is 0. The smallest absolute Gasteiger partial charge is 0.126 e. The summed E-state index contributed by atoms with van der Waals surface area (Å²) in [6.07, 6.45) is 1.85. The number of hydrogen-bond acceptors (Lipinski definition) is 2. The van der Waals surface area contributed by atoms with Gasteiger partial charge in [0.1, 0.15) is 11.6 Å². The molecule has 0 saturated carbocycles. The number of rotatable bonds is 5. The monoisotopic (exact) mass is 296 g/mol. The van der Waals surface area contributed by atoms with Gasteiger partial charge in [0, 0.05) is 37.8 Å². The van der Waals surface area contributed by atoms with E-state index in [1.54, 1.807) is 0 Å². The number of benzene rings is 1. The summed E-state index contributed by atoms with van der Waals surface area (Å²) in [6, 6.07) is 4.76. The molecule has 1 heterocycles. The van der Waals surface area contributed by atoms with Gasteiger partial charge in [0.15, 0.2) is 0 Å². The van der Waals surface area contributed by atoms with E-state index in [2.05, 4.69) is 31.0 Å². The molecule has 1 aliphatic heterocycles. The molecule has 118 valence electrons. The molecule has 0 amide bonds. The van der Waals surface area contributed by atoms with Crippen molar-refractivity contribution in [3.63, 3.8) is 0 Å². The summed E-state index contributed by atoms with van der Waals surface area (Å²) in [5, 5.41) is 3.60. The van der Waals surface area contributed by atoms with Gasteiger partial charge in [-0.3, -0.25) is 4.90 Å². The molecular formula is C17H26F2N2. The van der Waals surface area contributed by atoms with Crippen LogP contribution in [0.25, 0.3) is 0 Å². The quantitative estimate of drug-likeness (QED) is 0.897. The van der Waals surface area contributed by atoms with Gasteiger partial charge >= 0.3 is 0 Å². The first-order valence-electron chi connectivity index (χ1n) is 7.92. The van der Waals surface area contributed by atoms with Crippen molar-refractivity contribution in [2.45, 2.75) is 45.7 Å². The lowest BCUT2D eigenvalue weighted by Gasteiger charge is -2.41. The van der Waals surface area contributed by atoms with E-state index in [4.69, 9.17) is 0 Å². The fourth-order valence-corrected chi connectivity index (χ4v) is 2.95. The van der Waals surface area contributed by atoms with E-state index in [0.29, 0.717) is 24.4 Å². The minimum Gasteiger partial charge on any atom is -0.311 e. The number of nitrogens with zero attached hydrogens (tertiary/aromatic N) is 1. The normalized spacial score (nSPS) is 25.0. The molecule has 1 saturated heterocycles. The van der Waals surface area contributed by atoms with Crippen LogP contribution in [0.15, 0.2) is 18.2 Å². The van der Waals surface area contributed by atoms with Crippen molar-refractivity contribution in [2.24, 2.45) is 5.92 Å². The molecule has 21 heavy (non-hydrogen) atoms. The maximum absolute atomic E-state index is 13.2. The lowest BCUT2D eigenvalue weighted by atomic mass is 9.95. The molecule has 2 nitrogen and oxygen atoms in total. The van der Waals surface area contributed by atoms with Crippen molar-refractivity contribution in [3.05, 3.63) is 35.4 Å². The summed E-state index contributed by atoms with van der Waals surface area (Å²) in [6.45, 7) is 9.52. The van der Waals surface area contributed by atoms with Crippen LogP contribution in [0.4, 0.5) is 8.78 Å². The van der Waals surface area contributed by atoms with Crippen LogP contribution in [-0.4, -0.2) is 36.6 Å². The van der Waals surface area contributed by atoms with Crippen LogP contribution in [-0.2, 0) is 6.42 Å². The Morgan fingerprint density at radius 2 is 1.95 bits per heavy atom. The summed E-state index contributed by atoms with van der Waals surface area (Å²) in [7, 11) is 0. The van der Waals surface area contributed by atoms with Gasteiger partial charge in [-0.1, -0.05) is 20.3 Å². The Balaban J connectivity index is 1.94. The molecule has 1 aromatic rings. The third-order valence-electron chi connectivity index (χ3n) is 4.67. The van der Waals surface area contributed by atoms with Gasteiger partial charge in [-0.2, -0.15) is 0 Å². The molecule has 4 heteroatoms. The van der Waals surface area contributed by atoms with E-state index in [-0.39, 0.29) is 0 Å². The zero-order chi connectivity index (χ0) is 15.4. The molecule has 1 aromatic carbocycles. The highest BCUT2D eigenvalue weighted by atomic mass is 19.1. The highest BCUT2D eigenvalue weighted by Gasteiger charge is 2.27. The van der Waals surface area contributed by atoms with Gasteiger partial charge < -0.3 is 5.32 Å². The first-order valence-corrected chi connectivity index (χ1v) is 7.92. The van der Waals surface area contributed by atoms with Gasteiger partial charge in [0.25, 0.3) is 0 Å². The van der Waals surface area contributed by atoms with Crippen LogP contribution in [0, 0.1) is 17.6 Å². The molecule has 0 bridgehead atoms. The number of nitrogens with one attached hydrogen (secondary N) is 1. The Kier molecular flexibility index (Phi) is 5.71. The first-order chi connectivity index (χ1) is 9.99. The fraction of sp³-hybridized carbons (Fsp3) is 0.647. The van der Waals surface area contributed by atoms with Crippen molar-refractivity contribution in [3.8, 4) is 0 Å². The summed E-state index contributed by atoms with van der Waals surface area (Å²) < 4.78 is 26.4. The van der Waals surface area contributed by atoms with Crippen molar-refractivity contribution < 1.29 is 8.78 Å². The Bertz CT molecular complexity index is 444. The van der Waals surface area contributed by atoms with E-state index >= 15 is 0 Å². The van der Waals surface area contributed by atoms with E-state index in [9.17, 15) is 8.78 Å². The van der Waals surface area contributed by atoms with Crippen LogP contribution in [0.5, 0.6) is 0 Å². The molecule has 3 unspecified atom stereocenters. The SMILES string of the molecule is CCC(C)C1CN(CCc2cc(F)cc(F)c2)C(C)CN1. The standard InChI is InChI=1S/C17H26F2N2/c1-4-12(2)17-11-21(13(3)10-20-17)6-5-14-7-15(18)9-16(19)8-14/h7-9,12-13,17,20H,4-6,10-11H2,1-3H3. The van der Waals surface area contributed by atoms with Gasteiger partial charge in [0.05, 0.1) is 0 Å². The number of piperazine rings is 1. The topological polar surface area (TPSA) is 15.3 Å². The lowest BCUT2D eigenvalue weighted by molar-refractivity contribution is 0.120. The number of halogens is 2. The number of hydrogen-bond donors (Lipinski definition) is 1. The second-order valence-electron chi connectivity index (χ2n) is 6.27. The third-order valence-corrected chi connectivity index (χ3v) is 4.67. The maximum Gasteiger partial charge on any atom is 0.126 e. The van der Waals surface area contributed by atoms with E-state index in [0.717, 1.165) is 37.7 Å². The second-order valence-corrected chi connectivity index (χ2v) is 6.27. The second kappa shape index (κ2) is 7.32. The van der Waals surface area contributed by atoms with Gasteiger partial charge in [-0.25, -0.2) is 8.78 Å². The van der Waals surface area contributed by atoms with Crippen molar-refractivity contribution in [1.29, 1.82) is 0 Å². The molecule has 0 spiro atoms. The van der Waals surface area contributed by atoms with Crippen LogP contribution in [0.1, 0.15) is 32.8 Å². The average Bonchev–Trinajstić information content (AvgIpc) is 2.44. The fourth-order valence-electron chi connectivity index (χ4n) is 2.95. The maximum atomic E-state index is 13.2. The summed E-state index contributed by atoms with van der Waals surface area (Å²) in [5.74, 6) is -0.335. The molecule has 1 fully saturated rings. The Morgan fingerprint density at radius 3 is 2.57 bits per heavy atom. The molecule has 0 radical (unpaired) electrons. The summed E-state index contributed by atoms with van der Waals surface area (Å²) in [5.41, 5.74) is 0.735. The highest BCUT2D eigenvalue weighted by Crippen LogP contribution is 2.16. The highest BCUT2D eigenvalue weighted by molar-refractivity contribution is 5.18. The average molecular weight is 296 g/mol. The molecule has 3 atom stereocenters. The van der Waals surface area contributed by atoms with E-state index in [1.165, 1.54) is 12.1 Å². The Morgan fingerprint density at radius 1 is 1.29 bits per heavy atom. The van der Waals surface area contributed by atoms with Crippen molar-refractivity contribution in [1.82, 2.24) is 10.2 Å². The van der Waals surface area contributed by atoms with Gasteiger partial charge in [-0.05, 0) is 37.0 Å². The molecule has 2 rings (SSSR count). The van der Waals surface area contributed by atoms with E-state index in [1.807, 2.05) is 0 Å². The van der Waals surface area contributed by atoms with Crippen LogP contribution in [0.3, 0.4) is 0 Å². The van der Waals surface area contributed by atoms with Crippen molar-refractivity contribution >= 4 is 0 Å². The minimum absolute atomic E-state index is 0.462. The van der Waals surface area contributed by atoms with E-state index < -0.39 is 11.6 Å². The lowest BCUT2D eigenvalue weighted by Crippen LogP contribution is -2.57. The van der Waals surface area contributed by atoms with Crippen LogP contribution < -0.4 is 5.32 Å². The third kappa shape index (κ3) is 4.48. The first kappa shape index (κ1) is 16.4. The molecule has 1 aliphatic rings. The zero-order valence-corrected chi connectivity index (χ0v) is 13.2. The molecular weight excluding hydrogens is 270 g/mol.